The van der Waals surface area contributed by atoms with Crippen LogP contribution in [0.4, 0.5) is 4.39 Å². The molecular weight excluding hydrogens is 379 g/mol. The smallest absolute Gasteiger partial charge is 0.228 e. The van der Waals surface area contributed by atoms with E-state index in [1.165, 1.54) is 6.07 Å². The van der Waals surface area contributed by atoms with E-state index in [1.807, 2.05) is 35.2 Å². The molecule has 1 saturated heterocycles. The van der Waals surface area contributed by atoms with Crippen LogP contribution in [0.15, 0.2) is 61.2 Å². The van der Waals surface area contributed by atoms with E-state index in [0.717, 1.165) is 24.0 Å². The zero-order chi connectivity index (χ0) is 21.1. The number of hydrogen-bond acceptors (Lipinski definition) is 2. The van der Waals surface area contributed by atoms with Gasteiger partial charge < -0.3 is 10.2 Å². The molecule has 5 heteroatoms. The molecule has 0 spiro atoms. The molecule has 2 aromatic carbocycles. The Morgan fingerprint density at radius 2 is 1.83 bits per heavy atom. The highest BCUT2D eigenvalue weighted by Gasteiger charge is 2.48. The molecule has 0 aromatic heterocycles. The zero-order valence-corrected chi connectivity index (χ0v) is 17.1. The van der Waals surface area contributed by atoms with Crippen molar-refractivity contribution in [3.63, 3.8) is 0 Å². The number of benzene rings is 2. The molecule has 0 unspecified atom stereocenters. The van der Waals surface area contributed by atoms with Crippen molar-refractivity contribution in [3.8, 4) is 11.1 Å². The third kappa shape index (κ3) is 4.02. The van der Waals surface area contributed by atoms with Crippen LogP contribution in [-0.4, -0.2) is 36.3 Å². The maximum atomic E-state index is 14.5. The van der Waals surface area contributed by atoms with Crippen molar-refractivity contribution in [1.29, 1.82) is 0 Å². The lowest BCUT2D eigenvalue weighted by Gasteiger charge is -2.29. The molecule has 0 radical (unpaired) electrons. The first-order valence-electron chi connectivity index (χ1n) is 10.5. The summed E-state index contributed by atoms with van der Waals surface area (Å²) in [6.45, 7) is 5.05. The summed E-state index contributed by atoms with van der Waals surface area (Å²) in [5.41, 5.74) is 1.50. The Kier molecular flexibility index (Phi) is 5.71. The van der Waals surface area contributed by atoms with Gasteiger partial charge in [0.15, 0.2) is 0 Å². The van der Waals surface area contributed by atoms with Crippen LogP contribution >= 0.6 is 0 Å². The SMILES string of the molecule is C=CCNC(=O)[C@]1(Cc2ccccc2-c2ccccc2F)CCN(C(=O)C2CC2)C1. The Morgan fingerprint density at radius 1 is 1.13 bits per heavy atom. The lowest BCUT2D eigenvalue weighted by Crippen LogP contribution is -2.45. The van der Waals surface area contributed by atoms with Crippen molar-refractivity contribution >= 4 is 11.8 Å². The van der Waals surface area contributed by atoms with Gasteiger partial charge in [-0.3, -0.25) is 9.59 Å². The van der Waals surface area contributed by atoms with Crippen molar-refractivity contribution in [2.75, 3.05) is 19.6 Å². The zero-order valence-electron chi connectivity index (χ0n) is 17.1. The van der Waals surface area contributed by atoms with Gasteiger partial charge in [-0.25, -0.2) is 4.39 Å². The Hall–Kier alpha value is -2.95. The summed E-state index contributed by atoms with van der Waals surface area (Å²) in [4.78, 5) is 27.7. The molecule has 2 amide bonds. The first-order valence-corrected chi connectivity index (χ1v) is 10.5. The third-order valence-corrected chi connectivity index (χ3v) is 6.19. The number of nitrogens with one attached hydrogen (secondary N) is 1. The van der Waals surface area contributed by atoms with Gasteiger partial charge in [-0.05, 0) is 42.9 Å². The molecule has 2 aliphatic rings. The summed E-state index contributed by atoms with van der Waals surface area (Å²) in [6.07, 6.45) is 4.60. The van der Waals surface area contributed by atoms with E-state index < -0.39 is 5.41 Å². The molecule has 4 rings (SSSR count). The molecule has 1 heterocycles. The third-order valence-electron chi connectivity index (χ3n) is 6.19. The van der Waals surface area contributed by atoms with Crippen LogP contribution in [0.2, 0.25) is 0 Å². The van der Waals surface area contributed by atoms with Crippen molar-refractivity contribution in [2.24, 2.45) is 11.3 Å². The average Bonchev–Trinajstić information content (AvgIpc) is 3.52. The van der Waals surface area contributed by atoms with Gasteiger partial charge in [0, 0.05) is 31.1 Å². The maximum absolute atomic E-state index is 14.5. The maximum Gasteiger partial charge on any atom is 0.228 e. The summed E-state index contributed by atoms with van der Waals surface area (Å²) in [5, 5.41) is 2.94. The van der Waals surface area contributed by atoms with Crippen LogP contribution < -0.4 is 5.32 Å². The van der Waals surface area contributed by atoms with E-state index >= 15 is 0 Å². The van der Waals surface area contributed by atoms with E-state index in [2.05, 4.69) is 11.9 Å². The Morgan fingerprint density at radius 3 is 2.53 bits per heavy atom. The number of likely N-dealkylation sites (tertiary alicyclic amines) is 1. The molecule has 1 saturated carbocycles. The van der Waals surface area contributed by atoms with Crippen LogP contribution in [0.5, 0.6) is 0 Å². The molecule has 2 aromatic rings. The molecule has 1 atom stereocenters. The number of rotatable bonds is 7. The van der Waals surface area contributed by atoms with E-state index in [4.69, 9.17) is 0 Å². The Labute approximate surface area is 176 Å². The van der Waals surface area contributed by atoms with Gasteiger partial charge in [-0.1, -0.05) is 48.5 Å². The standard InChI is InChI=1S/C25H27FN2O2/c1-2-14-27-24(30)25(13-15-28(17-25)23(29)18-11-12-18)16-19-7-3-4-8-20(19)21-9-5-6-10-22(21)26/h2-10,18H,1,11-17H2,(H,27,30)/t25-/m0/s1. The van der Waals surface area contributed by atoms with Crippen molar-refractivity contribution in [3.05, 3.63) is 72.6 Å². The highest BCUT2D eigenvalue weighted by atomic mass is 19.1. The van der Waals surface area contributed by atoms with Crippen LogP contribution in [0.3, 0.4) is 0 Å². The van der Waals surface area contributed by atoms with Gasteiger partial charge >= 0.3 is 0 Å². The highest BCUT2D eigenvalue weighted by Crippen LogP contribution is 2.40. The second kappa shape index (κ2) is 8.42. The summed E-state index contributed by atoms with van der Waals surface area (Å²) in [5.74, 6) is -0.0672. The van der Waals surface area contributed by atoms with Crippen LogP contribution in [0.25, 0.3) is 11.1 Å². The van der Waals surface area contributed by atoms with E-state index in [1.54, 1.807) is 18.2 Å². The summed E-state index contributed by atoms with van der Waals surface area (Å²) in [7, 11) is 0. The van der Waals surface area contributed by atoms with E-state index in [0.29, 0.717) is 38.0 Å². The molecule has 0 bridgehead atoms. The minimum Gasteiger partial charge on any atom is -0.352 e. The number of nitrogens with zero attached hydrogens (tertiary/aromatic N) is 1. The highest BCUT2D eigenvalue weighted by molar-refractivity contribution is 5.87. The molecule has 30 heavy (non-hydrogen) atoms. The largest absolute Gasteiger partial charge is 0.352 e. The van der Waals surface area contributed by atoms with Crippen LogP contribution in [-0.2, 0) is 16.0 Å². The fraction of sp³-hybridized carbons (Fsp3) is 0.360. The lowest BCUT2D eigenvalue weighted by molar-refractivity contribution is -0.134. The summed E-state index contributed by atoms with van der Waals surface area (Å²) < 4.78 is 14.5. The Bertz CT molecular complexity index is 969. The molecule has 4 nitrogen and oxygen atoms in total. The fourth-order valence-electron chi connectivity index (χ4n) is 4.39. The molecule has 1 aliphatic carbocycles. The van der Waals surface area contributed by atoms with Gasteiger partial charge in [0.2, 0.25) is 11.8 Å². The second-order valence-corrected chi connectivity index (χ2v) is 8.38. The minimum absolute atomic E-state index is 0.0724. The van der Waals surface area contributed by atoms with E-state index in [9.17, 15) is 14.0 Å². The number of hydrogen-bond donors (Lipinski definition) is 1. The lowest BCUT2D eigenvalue weighted by atomic mass is 9.78. The molecule has 2 fully saturated rings. The summed E-state index contributed by atoms with van der Waals surface area (Å²) >= 11 is 0. The van der Waals surface area contributed by atoms with Gasteiger partial charge in [-0.2, -0.15) is 0 Å². The number of halogens is 1. The predicted octanol–water partition coefficient (Wildman–Crippen LogP) is 3.97. The molecule has 1 N–H and O–H groups in total. The first kappa shape index (κ1) is 20.3. The second-order valence-electron chi connectivity index (χ2n) is 8.38. The van der Waals surface area contributed by atoms with Gasteiger partial charge in [0.25, 0.3) is 0 Å². The van der Waals surface area contributed by atoms with Crippen molar-refractivity contribution in [2.45, 2.75) is 25.7 Å². The van der Waals surface area contributed by atoms with Crippen LogP contribution in [0, 0.1) is 17.2 Å². The van der Waals surface area contributed by atoms with Crippen molar-refractivity contribution in [1.82, 2.24) is 10.2 Å². The monoisotopic (exact) mass is 406 g/mol. The predicted molar refractivity (Wildman–Crippen MR) is 115 cm³/mol. The normalized spacial score (nSPS) is 20.8. The average molecular weight is 407 g/mol. The van der Waals surface area contributed by atoms with Gasteiger partial charge in [0.1, 0.15) is 5.82 Å². The van der Waals surface area contributed by atoms with Gasteiger partial charge in [0.05, 0.1) is 5.41 Å². The van der Waals surface area contributed by atoms with Crippen LogP contribution in [0.1, 0.15) is 24.8 Å². The first-order chi connectivity index (χ1) is 14.5. The number of carbonyl (C=O) groups excluding carboxylic acids is 2. The Balaban J connectivity index is 1.66. The molecule has 1 aliphatic heterocycles. The summed E-state index contributed by atoms with van der Waals surface area (Å²) in [6, 6.07) is 14.3. The number of amides is 2. The topological polar surface area (TPSA) is 49.4 Å². The number of carbonyl (C=O) groups is 2. The minimum atomic E-state index is -0.727. The molecule has 156 valence electrons. The fourth-order valence-corrected chi connectivity index (χ4v) is 4.39. The molecular formula is C25H27FN2O2. The quantitative estimate of drug-likeness (QED) is 0.708. The van der Waals surface area contributed by atoms with Gasteiger partial charge in [-0.15, -0.1) is 6.58 Å². The van der Waals surface area contributed by atoms with Crippen molar-refractivity contribution < 1.29 is 14.0 Å². The van der Waals surface area contributed by atoms with E-state index in [-0.39, 0.29) is 23.5 Å².